The summed E-state index contributed by atoms with van der Waals surface area (Å²) in [5, 5.41) is 3.66. The number of rotatable bonds is 5. The molecule has 1 aliphatic rings. The standard InChI is InChI=1S/C21H24N4O2S/c1-24-13-12-17-19(24)20(27)25(16-10-6-3-7-11-16)21(23-17)28-14-18(26)22-15-8-4-2-5-9-15/h3,6-7,10-13,15H,2,4-5,8-9,14H2,1H3,(H,22,26). The number of carbonyl (C=O) groups is 1. The van der Waals surface area contributed by atoms with Crippen LogP contribution in [-0.2, 0) is 11.8 Å². The summed E-state index contributed by atoms with van der Waals surface area (Å²) in [6, 6.07) is 11.6. The maximum absolute atomic E-state index is 13.2. The summed E-state index contributed by atoms with van der Waals surface area (Å²) in [7, 11) is 1.84. The van der Waals surface area contributed by atoms with Crippen molar-refractivity contribution in [3.63, 3.8) is 0 Å². The molecule has 0 unspecified atom stereocenters. The summed E-state index contributed by atoms with van der Waals surface area (Å²) in [6.45, 7) is 0. The number of thioether (sulfide) groups is 1. The molecule has 4 rings (SSSR count). The fourth-order valence-electron chi connectivity index (χ4n) is 3.76. The topological polar surface area (TPSA) is 68.9 Å². The van der Waals surface area contributed by atoms with E-state index in [0.29, 0.717) is 16.2 Å². The summed E-state index contributed by atoms with van der Waals surface area (Å²) in [4.78, 5) is 30.3. The van der Waals surface area contributed by atoms with Crippen LogP contribution in [-0.4, -0.2) is 31.8 Å². The molecule has 1 aliphatic carbocycles. The van der Waals surface area contributed by atoms with Gasteiger partial charge in [-0.2, -0.15) is 0 Å². The Bertz CT molecular complexity index is 1040. The number of hydrogen-bond donors (Lipinski definition) is 1. The van der Waals surface area contributed by atoms with Crippen LogP contribution >= 0.6 is 11.8 Å². The Kier molecular flexibility index (Phi) is 5.52. The van der Waals surface area contributed by atoms with Crippen molar-refractivity contribution in [2.75, 3.05) is 5.75 Å². The summed E-state index contributed by atoms with van der Waals surface area (Å²) in [5.41, 5.74) is 1.83. The minimum atomic E-state index is -0.126. The van der Waals surface area contributed by atoms with E-state index >= 15 is 0 Å². The highest BCUT2D eigenvalue weighted by atomic mass is 32.2. The lowest BCUT2D eigenvalue weighted by Crippen LogP contribution is -2.37. The molecule has 6 nitrogen and oxygen atoms in total. The van der Waals surface area contributed by atoms with Crippen molar-refractivity contribution >= 4 is 28.7 Å². The van der Waals surface area contributed by atoms with Crippen molar-refractivity contribution in [1.82, 2.24) is 19.4 Å². The molecule has 7 heteroatoms. The third kappa shape index (κ3) is 3.85. The summed E-state index contributed by atoms with van der Waals surface area (Å²) < 4.78 is 3.38. The lowest BCUT2D eigenvalue weighted by Gasteiger charge is -2.22. The van der Waals surface area contributed by atoms with Gasteiger partial charge in [0, 0.05) is 19.3 Å². The van der Waals surface area contributed by atoms with Gasteiger partial charge in [-0.3, -0.25) is 14.2 Å². The van der Waals surface area contributed by atoms with Crippen molar-refractivity contribution in [3.05, 3.63) is 52.9 Å². The van der Waals surface area contributed by atoms with Crippen LogP contribution in [0.25, 0.3) is 16.7 Å². The quantitative estimate of drug-likeness (QED) is 0.531. The molecule has 0 radical (unpaired) electrons. The van der Waals surface area contributed by atoms with Crippen LogP contribution < -0.4 is 10.9 Å². The van der Waals surface area contributed by atoms with Crippen molar-refractivity contribution in [2.24, 2.45) is 7.05 Å². The van der Waals surface area contributed by atoms with Gasteiger partial charge in [0.1, 0.15) is 5.52 Å². The van der Waals surface area contributed by atoms with Gasteiger partial charge in [0.25, 0.3) is 5.56 Å². The van der Waals surface area contributed by atoms with E-state index in [1.54, 1.807) is 9.13 Å². The molecule has 1 N–H and O–H groups in total. The normalized spacial score (nSPS) is 15.0. The smallest absolute Gasteiger partial charge is 0.283 e. The summed E-state index contributed by atoms with van der Waals surface area (Å²) in [5.74, 6) is 0.243. The van der Waals surface area contributed by atoms with Crippen LogP contribution in [0.15, 0.2) is 52.5 Å². The number of nitrogens with zero attached hydrogens (tertiary/aromatic N) is 3. The number of carbonyl (C=O) groups excluding carboxylic acids is 1. The Hall–Kier alpha value is -2.54. The zero-order chi connectivity index (χ0) is 19.5. The molecule has 0 atom stereocenters. The molecule has 1 fully saturated rings. The zero-order valence-electron chi connectivity index (χ0n) is 15.9. The molecule has 1 aromatic carbocycles. The van der Waals surface area contributed by atoms with Crippen molar-refractivity contribution < 1.29 is 4.79 Å². The predicted octanol–water partition coefficient (Wildman–Crippen LogP) is 3.27. The highest BCUT2D eigenvalue weighted by Crippen LogP contribution is 2.22. The molecule has 28 heavy (non-hydrogen) atoms. The van der Waals surface area contributed by atoms with Gasteiger partial charge in [-0.1, -0.05) is 49.2 Å². The molecule has 146 valence electrons. The maximum Gasteiger partial charge on any atom is 0.283 e. The second-order valence-electron chi connectivity index (χ2n) is 7.22. The van der Waals surface area contributed by atoms with E-state index in [1.165, 1.54) is 31.0 Å². The van der Waals surface area contributed by atoms with Gasteiger partial charge in [0.2, 0.25) is 5.91 Å². The predicted molar refractivity (Wildman–Crippen MR) is 112 cm³/mol. The minimum absolute atomic E-state index is 0.00100. The number of fused-ring (bicyclic) bond motifs is 1. The van der Waals surface area contributed by atoms with Crippen LogP contribution in [0.2, 0.25) is 0 Å². The minimum Gasteiger partial charge on any atom is -0.353 e. The summed E-state index contributed by atoms with van der Waals surface area (Å²) in [6.07, 6.45) is 7.55. The first-order valence-corrected chi connectivity index (χ1v) is 10.7. The van der Waals surface area contributed by atoms with E-state index in [2.05, 4.69) is 10.3 Å². The van der Waals surface area contributed by atoms with E-state index in [1.807, 2.05) is 49.6 Å². The molecule has 3 aromatic rings. The molecule has 0 saturated heterocycles. The number of amides is 1. The van der Waals surface area contributed by atoms with Crippen LogP contribution in [0, 0.1) is 0 Å². The molecule has 0 spiro atoms. The number of aryl methyl sites for hydroxylation is 1. The van der Waals surface area contributed by atoms with Gasteiger partial charge in [-0.25, -0.2) is 4.98 Å². The summed E-state index contributed by atoms with van der Waals surface area (Å²) >= 11 is 1.31. The average molecular weight is 397 g/mol. The number of benzene rings is 1. The molecule has 1 saturated carbocycles. The first-order valence-electron chi connectivity index (χ1n) is 9.69. The van der Waals surface area contributed by atoms with Gasteiger partial charge < -0.3 is 9.88 Å². The van der Waals surface area contributed by atoms with E-state index in [9.17, 15) is 9.59 Å². The van der Waals surface area contributed by atoms with E-state index < -0.39 is 0 Å². The second-order valence-corrected chi connectivity index (χ2v) is 8.16. The molecule has 2 aromatic heterocycles. The fraction of sp³-hybridized carbons (Fsp3) is 0.381. The Morgan fingerprint density at radius 3 is 2.68 bits per heavy atom. The third-order valence-corrected chi connectivity index (χ3v) is 6.12. The third-order valence-electron chi connectivity index (χ3n) is 5.18. The number of aromatic nitrogens is 3. The van der Waals surface area contributed by atoms with Gasteiger partial charge in [-0.05, 0) is 31.0 Å². The molecule has 2 heterocycles. The van der Waals surface area contributed by atoms with Crippen LogP contribution in [0.5, 0.6) is 0 Å². The van der Waals surface area contributed by atoms with Crippen LogP contribution in [0.4, 0.5) is 0 Å². The van der Waals surface area contributed by atoms with Crippen LogP contribution in [0.3, 0.4) is 0 Å². The zero-order valence-corrected chi connectivity index (χ0v) is 16.7. The molecular formula is C21H24N4O2S. The Morgan fingerprint density at radius 1 is 1.18 bits per heavy atom. The molecule has 0 bridgehead atoms. The number of hydrogen-bond acceptors (Lipinski definition) is 4. The monoisotopic (exact) mass is 396 g/mol. The van der Waals surface area contributed by atoms with Crippen molar-refractivity contribution in [2.45, 2.75) is 43.3 Å². The lowest BCUT2D eigenvalue weighted by molar-refractivity contribution is -0.119. The second kappa shape index (κ2) is 8.22. The lowest BCUT2D eigenvalue weighted by atomic mass is 9.95. The molecular weight excluding hydrogens is 372 g/mol. The first kappa shape index (κ1) is 18.8. The van der Waals surface area contributed by atoms with E-state index in [0.717, 1.165) is 18.5 Å². The highest BCUT2D eigenvalue weighted by Gasteiger charge is 2.19. The maximum atomic E-state index is 13.2. The van der Waals surface area contributed by atoms with Gasteiger partial charge in [0.15, 0.2) is 5.16 Å². The number of para-hydroxylation sites is 1. The first-order chi connectivity index (χ1) is 13.6. The van der Waals surface area contributed by atoms with E-state index in [4.69, 9.17) is 0 Å². The molecule has 1 amide bonds. The largest absolute Gasteiger partial charge is 0.353 e. The van der Waals surface area contributed by atoms with Gasteiger partial charge in [-0.15, -0.1) is 0 Å². The highest BCUT2D eigenvalue weighted by molar-refractivity contribution is 7.99. The van der Waals surface area contributed by atoms with Crippen molar-refractivity contribution in [3.8, 4) is 5.69 Å². The Balaban J connectivity index is 1.62. The van der Waals surface area contributed by atoms with E-state index in [-0.39, 0.29) is 23.3 Å². The van der Waals surface area contributed by atoms with Crippen LogP contribution in [0.1, 0.15) is 32.1 Å². The van der Waals surface area contributed by atoms with Gasteiger partial charge >= 0.3 is 0 Å². The SMILES string of the molecule is Cn1ccc2nc(SCC(=O)NC3CCCCC3)n(-c3ccccc3)c(=O)c21. The number of nitrogens with one attached hydrogen (secondary N) is 1. The van der Waals surface area contributed by atoms with Crippen molar-refractivity contribution in [1.29, 1.82) is 0 Å². The average Bonchev–Trinajstić information content (AvgIpc) is 3.09. The molecule has 0 aliphatic heterocycles. The fourth-order valence-corrected chi connectivity index (χ4v) is 4.58. The van der Waals surface area contributed by atoms with Gasteiger partial charge in [0.05, 0.1) is 17.0 Å². The Labute approximate surface area is 168 Å². The Morgan fingerprint density at radius 2 is 1.93 bits per heavy atom.